The summed E-state index contributed by atoms with van der Waals surface area (Å²) in [7, 11) is 0. The predicted octanol–water partition coefficient (Wildman–Crippen LogP) is 4.00. The molecule has 2 aromatic heterocycles. The Hall–Kier alpha value is -2.16. The molecule has 3 rings (SSSR count). The van der Waals surface area contributed by atoms with E-state index in [2.05, 4.69) is 52.5 Å². The maximum Gasteiger partial charge on any atom is 0.0998 e. The molecule has 0 bridgehead atoms. The Morgan fingerprint density at radius 1 is 1.32 bits per heavy atom. The lowest BCUT2D eigenvalue weighted by Gasteiger charge is -2.07. The molecule has 0 fully saturated rings. The van der Waals surface area contributed by atoms with Gasteiger partial charge in [-0.15, -0.1) is 0 Å². The standard InChI is InChI=1S/C16H17N3/c1-4-5-11(2)13-6-7-14-15(8-13)19-10-17-9-16(19)12(3)18-14/h5-10H,4H2,1-3H3. The van der Waals surface area contributed by atoms with Crippen molar-refractivity contribution in [3.05, 3.63) is 48.1 Å². The summed E-state index contributed by atoms with van der Waals surface area (Å²) < 4.78 is 2.11. The third-order valence-electron chi connectivity index (χ3n) is 3.50. The predicted molar refractivity (Wildman–Crippen MR) is 79.2 cm³/mol. The fourth-order valence-corrected chi connectivity index (χ4v) is 2.47. The van der Waals surface area contributed by atoms with E-state index in [1.54, 1.807) is 0 Å². The second kappa shape index (κ2) is 4.50. The van der Waals surface area contributed by atoms with Gasteiger partial charge in [0.05, 0.1) is 34.8 Å². The van der Waals surface area contributed by atoms with Gasteiger partial charge in [-0.2, -0.15) is 0 Å². The van der Waals surface area contributed by atoms with Crippen LogP contribution in [0.15, 0.2) is 36.8 Å². The molecule has 3 nitrogen and oxygen atoms in total. The highest BCUT2D eigenvalue weighted by molar-refractivity contribution is 5.83. The van der Waals surface area contributed by atoms with Crippen LogP contribution < -0.4 is 0 Å². The number of hydrogen-bond acceptors (Lipinski definition) is 2. The molecular weight excluding hydrogens is 234 g/mol. The van der Waals surface area contributed by atoms with Crippen molar-refractivity contribution in [2.75, 3.05) is 0 Å². The number of aromatic nitrogens is 3. The highest BCUT2D eigenvalue weighted by Gasteiger charge is 2.06. The van der Waals surface area contributed by atoms with Crippen molar-refractivity contribution in [2.45, 2.75) is 27.2 Å². The molecule has 0 aliphatic carbocycles. The number of aryl methyl sites for hydroxylation is 1. The van der Waals surface area contributed by atoms with Crippen LogP contribution in [-0.2, 0) is 0 Å². The van der Waals surface area contributed by atoms with Crippen molar-refractivity contribution in [2.24, 2.45) is 0 Å². The van der Waals surface area contributed by atoms with Crippen molar-refractivity contribution >= 4 is 22.1 Å². The summed E-state index contributed by atoms with van der Waals surface area (Å²) in [6, 6.07) is 6.42. The van der Waals surface area contributed by atoms with Crippen molar-refractivity contribution in [1.82, 2.24) is 14.4 Å². The van der Waals surface area contributed by atoms with Crippen LogP contribution in [-0.4, -0.2) is 14.4 Å². The van der Waals surface area contributed by atoms with Gasteiger partial charge in [0, 0.05) is 0 Å². The van der Waals surface area contributed by atoms with Crippen molar-refractivity contribution < 1.29 is 0 Å². The van der Waals surface area contributed by atoms with Crippen molar-refractivity contribution in [3.63, 3.8) is 0 Å². The van der Waals surface area contributed by atoms with Gasteiger partial charge in [0.1, 0.15) is 0 Å². The molecule has 0 N–H and O–H groups in total. The molecule has 0 radical (unpaired) electrons. The lowest BCUT2D eigenvalue weighted by molar-refractivity contribution is 1.15. The first-order valence-electron chi connectivity index (χ1n) is 6.60. The summed E-state index contributed by atoms with van der Waals surface area (Å²) in [5.74, 6) is 0. The average molecular weight is 251 g/mol. The summed E-state index contributed by atoms with van der Waals surface area (Å²) >= 11 is 0. The van der Waals surface area contributed by atoms with Crippen LogP contribution in [0.25, 0.3) is 22.1 Å². The Bertz CT molecular complexity index is 781. The zero-order valence-electron chi connectivity index (χ0n) is 11.5. The monoisotopic (exact) mass is 251 g/mol. The van der Waals surface area contributed by atoms with Gasteiger partial charge < -0.3 is 0 Å². The van der Waals surface area contributed by atoms with E-state index in [1.807, 2.05) is 19.4 Å². The van der Waals surface area contributed by atoms with E-state index in [0.717, 1.165) is 28.7 Å². The lowest BCUT2D eigenvalue weighted by Crippen LogP contribution is -1.94. The normalized spacial score (nSPS) is 12.5. The van der Waals surface area contributed by atoms with Gasteiger partial charge in [-0.1, -0.05) is 19.1 Å². The molecule has 3 aromatic rings. The molecule has 96 valence electrons. The quantitative estimate of drug-likeness (QED) is 0.689. The molecule has 0 aliphatic heterocycles. The first-order chi connectivity index (χ1) is 9.20. The summed E-state index contributed by atoms with van der Waals surface area (Å²) in [4.78, 5) is 8.87. The van der Waals surface area contributed by atoms with Gasteiger partial charge in [-0.3, -0.25) is 4.40 Å². The molecule has 2 heterocycles. The van der Waals surface area contributed by atoms with E-state index in [-0.39, 0.29) is 0 Å². The number of rotatable bonds is 2. The molecule has 0 amide bonds. The highest BCUT2D eigenvalue weighted by atomic mass is 15.0. The maximum absolute atomic E-state index is 4.64. The minimum Gasteiger partial charge on any atom is -0.295 e. The second-order valence-electron chi connectivity index (χ2n) is 4.84. The minimum atomic E-state index is 1.01. The summed E-state index contributed by atoms with van der Waals surface area (Å²) in [5, 5.41) is 0. The van der Waals surface area contributed by atoms with E-state index in [9.17, 15) is 0 Å². The van der Waals surface area contributed by atoms with E-state index < -0.39 is 0 Å². The third-order valence-corrected chi connectivity index (χ3v) is 3.50. The molecule has 0 saturated carbocycles. The Kier molecular flexibility index (Phi) is 2.82. The lowest BCUT2D eigenvalue weighted by atomic mass is 10.1. The summed E-state index contributed by atoms with van der Waals surface area (Å²) in [6.07, 6.45) is 7.02. The topological polar surface area (TPSA) is 30.2 Å². The van der Waals surface area contributed by atoms with Crippen LogP contribution in [0.2, 0.25) is 0 Å². The molecule has 1 aromatic carbocycles. The third kappa shape index (κ3) is 1.91. The maximum atomic E-state index is 4.64. The van der Waals surface area contributed by atoms with E-state index in [4.69, 9.17) is 0 Å². The zero-order chi connectivity index (χ0) is 13.4. The first-order valence-corrected chi connectivity index (χ1v) is 6.60. The van der Waals surface area contributed by atoms with Crippen molar-refractivity contribution in [1.29, 1.82) is 0 Å². The summed E-state index contributed by atoms with van der Waals surface area (Å²) in [5.41, 5.74) is 6.75. The number of benzene rings is 1. The van der Waals surface area contributed by atoms with Gasteiger partial charge in [0.2, 0.25) is 0 Å². The fraction of sp³-hybridized carbons (Fsp3) is 0.250. The molecule has 0 atom stereocenters. The van der Waals surface area contributed by atoms with Crippen molar-refractivity contribution in [3.8, 4) is 0 Å². The Balaban J connectivity index is 2.33. The zero-order valence-corrected chi connectivity index (χ0v) is 11.5. The van der Waals surface area contributed by atoms with Crippen LogP contribution in [0.3, 0.4) is 0 Å². The molecular formula is C16H17N3. The summed E-state index contributed by atoms with van der Waals surface area (Å²) in [6.45, 7) is 6.33. The Morgan fingerprint density at radius 3 is 2.95 bits per heavy atom. The molecule has 0 spiro atoms. The number of fused-ring (bicyclic) bond motifs is 3. The Labute approximate surface area is 112 Å². The number of hydrogen-bond donors (Lipinski definition) is 0. The first kappa shape index (κ1) is 11.9. The average Bonchev–Trinajstić information content (AvgIpc) is 2.89. The molecule has 0 aliphatic rings. The molecule has 19 heavy (non-hydrogen) atoms. The van der Waals surface area contributed by atoms with E-state index in [1.165, 1.54) is 11.1 Å². The Morgan fingerprint density at radius 2 is 2.16 bits per heavy atom. The fourth-order valence-electron chi connectivity index (χ4n) is 2.47. The number of nitrogens with zero attached hydrogens (tertiary/aromatic N) is 3. The van der Waals surface area contributed by atoms with Gasteiger partial charge in [0.25, 0.3) is 0 Å². The SMILES string of the molecule is CCC=C(C)c1ccc2nc(C)c3cncn3c2c1. The molecule has 0 saturated heterocycles. The van der Waals surface area contributed by atoms with E-state index in [0.29, 0.717) is 0 Å². The smallest absolute Gasteiger partial charge is 0.0998 e. The van der Waals surface area contributed by atoms with E-state index >= 15 is 0 Å². The minimum absolute atomic E-state index is 1.01. The number of allylic oxidation sites excluding steroid dienone is 2. The molecule has 3 heteroatoms. The van der Waals surface area contributed by atoms with Crippen LogP contribution in [0.1, 0.15) is 31.5 Å². The molecule has 0 unspecified atom stereocenters. The van der Waals surface area contributed by atoms with Crippen LogP contribution in [0, 0.1) is 6.92 Å². The van der Waals surface area contributed by atoms with Gasteiger partial charge >= 0.3 is 0 Å². The number of imidazole rings is 1. The van der Waals surface area contributed by atoms with Gasteiger partial charge in [0.15, 0.2) is 0 Å². The van der Waals surface area contributed by atoms with Crippen LogP contribution >= 0.6 is 0 Å². The van der Waals surface area contributed by atoms with Gasteiger partial charge in [-0.25, -0.2) is 9.97 Å². The van der Waals surface area contributed by atoms with Gasteiger partial charge in [-0.05, 0) is 43.5 Å². The van der Waals surface area contributed by atoms with Crippen LogP contribution in [0.4, 0.5) is 0 Å². The van der Waals surface area contributed by atoms with Crippen LogP contribution in [0.5, 0.6) is 0 Å². The second-order valence-corrected chi connectivity index (χ2v) is 4.84. The highest BCUT2D eigenvalue weighted by Crippen LogP contribution is 2.22. The largest absolute Gasteiger partial charge is 0.295 e.